The molecule has 4 nitrogen and oxygen atoms in total. The Bertz CT molecular complexity index is 1060. The van der Waals surface area contributed by atoms with E-state index in [1.54, 1.807) is 12.1 Å². The Hall–Kier alpha value is -3.14. The van der Waals surface area contributed by atoms with Gasteiger partial charge in [-0.2, -0.15) is 0 Å². The number of allylic oxidation sites excluding steroid dienone is 5. The second kappa shape index (κ2) is 6.16. The van der Waals surface area contributed by atoms with E-state index < -0.39 is 0 Å². The Morgan fingerprint density at radius 3 is 2.83 bits per heavy atom. The Morgan fingerprint density at radius 2 is 1.92 bits per heavy atom. The summed E-state index contributed by atoms with van der Waals surface area (Å²) < 4.78 is 5.85. The van der Waals surface area contributed by atoms with Crippen LogP contribution in [0.25, 0.3) is 21.8 Å². The van der Waals surface area contributed by atoms with E-state index in [9.17, 15) is 4.79 Å². The van der Waals surface area contributed by atoms with Crippen molar-refractivity contribution in [2.45, 2.75) is 6.42 Å². The van der Waals surface area contributed by atoms with Crippen LogP contribution in [0.1, 0.15) is 6.42 Å². The molecule has 1 aromatic carbocycles. The van der Waals surface area contributed by atoms with Crippen LogP contribution in [0.2, 0.25) is 0 Å². The van der Waals surface area contributed by atoms with Gasteiger partial charge in [0.05, 0.1) is 11.0 Å². The molecule has 0 fully saturated rings. The first-order valence-corrected chi connectivity index (χ1v) is 7.87. The summed E-state index contributed by atoms with van der Waals surface area (Å²) in [6, 6.07) is 11.1. The average Bonchev–Trinajstić information content (AvgIpc) is 2.89. The third-order valence-electron chi connectivity index (χ3n) is 4.02. The van der Waals surface area contributed by atoms with Gasteiger partial charge in [-0.1, -0.05) is 48.6 Å². The molecular formula is C20H16N2O2. The van der Waals surface area contributed by atoms with Gasteiger partial charge in [0, 0.05) is 16.8 Å². The van der Waals surface area contributed by atoms with E-state index in [2.05, 4.69) is 22.1 Å². The van der Waals surface area contributed by atoms with Crippen molar-refractivity contribution >= 4 is 21.8 Å². The molecule has 0 atom stereocenters. The first-order chi connectivity index (χ1) is 11.8. The fourth-order valence-electron chi connectivity index (χ4n) is 2.80. The van der Waals surface area contributed by atoms with Crippen molar-refractivity contribution in [2.24, 2.45) is 0 Å². The van der Waals surface area contributed by atoms with E-state index >= 15 is 0 Å². The maximum atomic E-state index is 12.1. The van der Waals surface area contributed by atoms with Crippen LogP contribution in [0.15, 0.2) is 77.1 Å². The molecule has 0 saturated heterocycles. The molecule has 1 aliphatic carbocycles. The molecule has 0 spiro atoms. The lowest BCUT2D eigenvalue weighted by molar-refractivity contribution is 0.337. The van der Waals surface area contributed by atoms with Crippen LogP contribution in [-0.4, -0.2) is 16.6 Å². The minimum Gasteiger partial charge on any atom is -0.473 e. The van der Waals surface area contributed by atoms with Crippen LogP contribution in [0.3, 0.4) is 0 Å². The van der Waals surface area contributed by atoms with Crippen molar-refractivity contribution < 1.29 is 4.74 Å². The van der Waals surface area contributed by atoms with E-state index in [-0.39, 0.29) is 5.56 Å². The number of aromatic amines is 1. The molecule has 1 aliphatic rings. The Kier molecular flexibility index (Phi) is 3.71. The number of aromatic nitrogens is 2. The van der Waals surface area contributed by atoms with Gasteiger partial charge in [-0.3, -0.25) is 4.79 Å². The monoisotopic (exact) mass is 316 g/mol. The third kappa shape index (κ3) is 2.74. The Morgan fingerprint density at radius 1 is 1.04 bits per heavy atom. The first kappa shape index (κ1) is 14.5. The largest absolute Gasteiger partial charge is 0.473 e. The summed E-state index contributed by atoms with van der Waals surface area (Å²) in [5.74, 6) is 0.554. The SMILES string of the molecule is O=c1[nH]c2ccc(OCC3=CC=CC=CC3)nc2c2ccccc12. The molecule has 0 aliphatic heterocycles. The molecule has 3 aromatic rings. The molecule has 0 radical (unpaired) electrons. The van der Waals surface area contributed by atoms with Gasteiger partial charge in [-0.15, -0.1) is 0 Å². The van der Waals surface area contributed by atoms with Crippen molar-refractivity contribution in [3.05, 3.63) is 82.7 Å². The smallest absolute Gasteiger partial charge is 0.256 e. The summed E-state index contributed by atoms with van der Waals surface area (Å²) in [6.45, 7) is 0.495. The number of ether oxygens (including phenoxy) is 1. The number of rotatable bonds is 3. The summed E-state index contributed by atoms with van der Waals surface area (Å²) in [7, 11) is 0. The molecule has 4 rings (SSSR count). The van der Waals surface area contributed by atoms with Crippen molar-refractivity contribution in [1.29, 1.82) is 0 Å². The summed E-state index contributed by atoms with van der Waals surface area (Å²) in [5, 5.41) is 1.47. The minimum absolute atomic E-state index is 0.101. The normalized spacial score (nSPS) is 13.9. The van der Waals surface area contributed by atoms with E-state index in [0.717, 1.165) is 17.3 Å². The van der Waals surface area contributed by atoms with Crippen LogP contribution in [0.5, 0.6) is 5.88 Å². The highest BCUT2D eigenvalue weighted by Gasteiger charge is 2.08. The highest BCUT2D eigenvalue weighted by molar-refractivity contribution is 6.02. The zero-order chi connectivity index (χ0) is 16.4. The summed E-state index contributed by atoms with van der Waals surface area (Å²) in [4.78, 5) is 19.6. The quantitative estimate of drug-likeness (QED) is 0.746. The number of pyridine rings is 2. The molecule has 2 heterocycles. The standard InChI is InChI=1S/C20H16N2O2/c23-20-16-10-6-5-9-15(16)19-17(21-20)11-12-18(22-19)24-13-14-7-3-1-2-4-8-14/h1-7,9-12H,8,13H2,(H,21,23). The van der Waals surface area contributed by atoms with Gasteiger partial charge in [0.2, 0.25) is 5.88 Å². The second-order valence-corrected chi connectivity index (χ2v) is 5.68. The topological polar surface area (TPSA) is 55.0 Å². The van der Waals surface area contributed by atoms with Crippen LogP contribution < -0.4 is 10.3 Å². The maximum Gasteiger partial charge on any atom is 0.256 e. The van der Waals surface area contributed by atoms with Gasteiger partial charge in [-0.05, 0) is 24.1 Å². The van der Waals surface area contributed by atoms with Gasteiger partial charge >= 0.3 is 0 Å². The third-order valence-corrected chi connectivity index (χ3v) is 4.02. The molecular weight excluding hydrogens is 300 g/mol. The Balaban J connectivity index is 1.70. The predicted octanol–water partition coefficient (Wildman–Crippen LogP) is 3.90. The fraction of sp³-hybridized carbons (Fsp3) is 0.100. The van der Waals surface area contributed by atoms with Gasteiger partial charge < -0.3 is 9.72 Å². The summed E-state index contributed by atoms with van der Waals surface area (Å²) in [5.41, 5.74) is 2.55. The number of hydrogen-bond acceptors (Lipinski definition) is 3. The van der Waals surface area contributed by atoms with Gasteiger partial charge in [0.25, 0.3) is 5.56 Å². The molecule has 24 heavy (non-hydrogen) atoms. The molecule has 0 saturated carbocycles. The number of fused-ring (bicyclic) bond motifs is 3. The Labute approximate surface area is 138 Å². The lowest BCUT2D eigenvalue weighted by Gasteiger charge is -2.09. The van der Waals surface area contributed by atoms with Gasteiger partial charge in [0.1, 0.15) is 6.61 Å². The van der Waals surface area contributed by atoms with E-state index in [0.29, 0.717) is 23.4 Å². The van der Waals surface area contributed by atoms with Crippen molar-refractivity contribution in [1.82, 2.24) is 9.97 Å². The van der Waals surface area contributed by atoms with Crippen LogP contribution >= 0.6 is 0 Å². The van der Waals surface area contributed by atoms with Crippen molar-refractivity contribution in [3.8, 4) is 5.88 Å². The van der Waals surface area contributed by atoms with Crippen LogP contribution in [0, 0.1) is 0 Å². The summed E-state index contributed by atoms with van der Waals surface area (Å²) in [6.07, 6.45) is 11.1. The number of hydrogen-bond donors (Lipinski definition) is 1. The zero-order valence-corrected chi connectivity index (χ0v) is 13.0. The second-order valence-electron chi connectivity index (χ2n) is 5.68. The lowest BCUT2D eigenvalue weighted by atomic mass is 10.1. The number of nitrogens with one attached hydrogen (secondary N) is 1. The van der Waals surface area contributed by atoms with Crippen LogP contribution in [-0.2, 0) is 0 Å². The molecule has 2 aromatic heterocycles. The molecule has 1 N–H and O–H groups in total. The zero-order valence-electron chi connectivity index (χ0n) is 13.0. The summed E-state index contributed by atoms with van der Waals surface area (Å²) >= 11 is 0. The lowest BCUT2D eigenvalue weighted by Crippen LogP contribution is -2.07. The van der Waals surface area contributed by atoms with E-state index in [1.165, 1.54) is 5.57 Å². The van der Waals surface area contributed by atoms with Gasteiger partial charge in [0.15, 0.2) is 0 Å². The predicted molar refractivity (Wildman–Crippen MR) is 96.3 cm³/mol. The molecule has 0 unspecified atom stereocenters. The van der Waals surface area contributed by atoms with E-state index in [4.69, 9.17) is 4.74 Å². The average molecular weight is 316 g/mol. The minimum atomic E-state index is -0.101. The van der Waals surface area contributed by atoms with Gasteiger partial charge in [-0.25, -0.2) is 4.98 Å². The van der Waals surface area contributed by atoms with E-state index in [1.807, 2.05) is 42.5 Å². The van der Waals surface area contributed by atoms with Crippen molar-refractivity contribution in [2.75, 3.05) is 6.61 Å². The molecule has 0 bridgehead atoms. The molecule has 118 valence electrons. The first-order valence-electron chi connectivity index (χ1n) is 7.87. The number of benzene rings is 1. The maximum absolute atomic E-state index is 12.1. The number of H-pyrrole nitrogens is 1. The molecule has 0 amide bonds. The number of nitrogens with zero attached hydrogens (tertiary/aromatic N) is 1. The van der Waals surface area contributed by atoms with Crippen LogP contribution in [0.4, 0.5) is 0 Å². The molecule has 4 heteroatoms. The highest BCUT2D eigenvalue weighted by Crippen LogP contribution is 2.22. The van der Waals surface area contributed by atoms with Crippen molar-refractivity contribution in [3.63, 3.8) is 0 Å². The highest BCUT2D eigenvalue weighted by atomic mass is 16.5. The fourth-order valence-corrected chi connectivity index (χ4v) is 2.80.